The molecule has 0 radical (unpaired) electrons. The predicted molar refractivity (Wildman–Crippen MR) is 84.0 cm³/mol. The molecule has 0 fully saturated rings. The van der Waals surface area contributed by atoms with E-state index in [9.17, 15) is 4.79 Å². The zero-order valence-corrected chi connectivity index (χ0v) is 12.9. The van der Waals surface area contributed by atoms with E-state index in [1.54, 1.807) is 13.2 Å². The van der Waals surface area contributed by atoms with Gasteiger partial charge >= 0.3 is 0 Å². The van der Waals surface area contributed by atoms with E-state index >= 15 is 0 Å². The van der Waals surface area contributed by atoms with Crippen molar-refractivity contribution in [1.82, 2.24) is 4.90 Å². The number of amides is 1. The Bertz CT molecular complexity index is 754. The van der Waals surface area contributed by atoms with Crippen molar-refractivity contribution in [3.63, 3.8) is 0 Å². The van der Waals surface area contributed by atoms with E-state index in [0.717, 1.165) is 29.0 Å². The summed E-state index contributed by atoms with van der Waals surface area (Å²) in [5.41, 5.74) is 2.84. The summed E-state index contributed by atoms with van der Waals surface area (Å²) in [5.74, 6) is 2.25. The van der Waals surface area contributed by atoms with Gasteiger partial charge in [-0.1, -0.05) is 12.1 Å². The molecular formula is C18H17NO4. The van der Waals surface area contributed by atoms with Crippen LogP contribution in [0, 0.1) is 0 Å². The van der Waals surface area contributed by atoms with Crippen LogP contribution in [0.4, 0.5) is 0 Å². The van der Waals surface area contributed by atoms with E-state index in [1.807, 2.05) is 35.2 Å². The van der Waals surface area contributed by atoms with E-state index in [-0.39, 0.29) is 12.7 Å². The summed E-state index contributed by atoms with van der Waals surface area (Å²) in [6.45, 7) is 1.52. The van der Waals surface area contributed by atoms with Crippen molar-refractivity contribution in [3.05, 3.63) is 53.1 Å². The lowest BCUT2D eigenvalue weighted by molar-refractivity contribution is 0.0726. The highest BCUT2D eigenvalue weighted by atomic mass is 16.7. The van der Waals surface area contributed by atoms with Crippen molar-refractivity contribution in [1.29, 1.82) is 0 Å². The average molecular weight is 311 g/mol. The minimum atomic E-state index is 0.0420. The molecule has 0 unspecified atom stereocenters. The summed E-state index contributed by atoms with van der Waals surface area (Å²) in [4.78, 5) is 14.6. The lowest BCUT2D eigenvalue weighted by atomic mass is 9.97. The van der Waals surface area contributed by atoms with E-state index in [0.29, 0.717) is 24.4 Å². The van der Waals surface area contributed by atoms with Crippen molar-refractivity contribution in [3.8, 4) is 17.2 Å². The first-order chi connectivity index (χ1) is 11.2. The fourth-order valence-electron chi connectivity index (χ4n) is 3.02. The van der Waals surface area contributed by atoms with Crippen molar-refractivity contribution in [2.45, 2.75) is 13.0 Å². The summed E-state index contributed by atoms with van der Waals surface area (Å²) in [5, 5.41) is 0. The summed E-state index contributed by atoms with van der Waals surface area (Å²) >= 11 is 0. The minimum absolute atomic E-state index is 0.0420. The molecule has 0 spiro atoms. The van der Waals surface area contributed by atoms with E-state index < -0.39 is 0 Å². The van der Waals surface area contributed by atoms with Crippen LogP contribution in [-0.2, 0) is 13.0 Å². The molecule has 23 heavy (non-hydrogen) atoms. The third-order valence-electron chi connectivity index (χ3n) is 4.30. The maximum atomic E-state index is 12.7. The molecule has 0 aliphatic carbocycles. The zero-order valence-electron chi connectivity index (χ0n) is 12.9. The number of fused-ring (bicyclic) bond motifs is 2. The Morgan fingerprint density at radius 2 is 1.87 bits per heavy atom. The number of rotatable bonds is 3. The molecule has 5 heteroatoms. The van der Waals surface area contributed by atoms with Gasteiger partial charge in [0.15, 0.2) is 11.5 Å². The van der Waals surface area contributed by atoms with Crippen LogP contribution < -0.4 is 14.2 Å². The van der Waals surface area contributed by atoms with Gasteiger partial charge in [-0.15, -0.1) is 0 Å². The molecule has 2 aromatic carbocycles. The standard InChI is InChI=1S/C18H17NO4/c1-21-14-4-2-12(3-5-14)10-19-7-6-13-8-16-17(23-11-22-16)9-15(13)18(19)20/h2-5,8-9H,6-7,10-11H2,1H3. The van der Waals surface area contributed by atoms with Crippen LogP contribution >= 0.6 is 0 Å². The first kappa shape index (κ1) is 13.9. The molecule has 2 heterocycles. The topological polar surface area (TPSA) is 48.0 Å². The number of methoxy groups -OCH3 is 1. The fourth-order valence-corrected chi connectivity index (χ4v) is 3.02. The second-order valence-corrected chi connectivity index (χ2v) is 5.69. The molecule has 2 aliphatic rings. The highest BCUT2D eigenvalue weighted by Gasteiger charge is 2.28. The molecule has 5 nitrogen and oxygen atoms in total. The molecule has 0 atom stereocenters. The highest BCUT2D eigenvalue weighted by Crippen LogP contribution is 2.36. The highest BCUT2D eigenvalue weighted by molar-refractivity contribution is 5.97. The molecule has 118 valence electrons. The monoisotopic (exact) mass is 311 g/mol. The van der Waals surface area contributed by atoms with Gasteiger partial charge in [-0.3, -0.25) is 4.79 Å². The Morgan fingerprint density at radius 3 is 2.61 bits per heavy atom. The maximum Gasteiger partial charge on any atom is 0.254 e. The predicted octanol–water partition coefficient (Wildman–Crippen LogP) is 2.62. The molecular weight excluding hydrogens is 294 g/mol. The van der Waals surface area contributed by atoms with Crippen molar-refractivity contribution >= 4 is 5.91 Å². The second-order valence-electron chi connectivity index (χ2n) is 5.69. The molecule has 0 saturated heterocycles. The molecule has 2 aliphatic heterocycles. The summed E-state index contributed by atoms with van der Waals surface area (Å²) < 4.78 is 15.9. The van der Waals surface area contributed by atoms with Gasteiger partial charge in [-0.2, -0.15) is 0 Å². The molecule has 0 saturated carbocycles. The van der Waals surface area contributed by atoms with Crippen LogP contribution in [0.15, 0.2) is 36.4 Å². The minimum Gasteiger partial charge on any atom is -0.497 e. The van der Waals surface area contributed by atoms with Crippen LogP contribution in [-0.4, -0.2) is 31.3 Å². The number of ether oxygens (including phenoxy) is 3. The van der Waals surface area contributed by atoms with Crippen LogP contribution in [0.25, 0.3) is 0 Å². The van der Waals surface area contributed by atoms with Gasteiger partial charge in [-0.25, -0.2) is 0 Å². The molecule has 4 rings (SSSR count). The van der Waals surface area contributed by atoms with E-state index in [1.165, 1.54) is 0 Å². The molecule has 1 amide bonds. The number of nitrogens with zero attached hydrogens (tertiary/aromatic N) is 1. The van der Waals surface area contributed by atoms with Crippen molar-refractivity contribution in [2.75, 3.05) is 20.4 Å². The van der Waals surface area contributed by atoms with Gasteiger partial charge in [0.2, 0.25) is 6.79 Å². The molecule has 2 aromatic rings. The average Bonchev–Trinajstić information content (AvgIpc) is 3.04. The smallest absolute Gasteiger partial charge is 0.254 e. The van der Waals surface area contributed by atoms with Crippen molar-refractivity contribution < 1.29 is 19.0 Å². The first-order valence-electron chi connectivity index (χ1n) is 7.59. The number of carbonyl (C=O) groups excluding carboxylic acids is 1. The quantitative estimate of drug-likeness (QED) is 0.874. The van der Waals surface area contributed by atoms with E-state index in [2.05, 4.69) is 0 Å². The van der Waals surface area contributed by atoms with Gasteiger partial charge in [0.05, 0.1) is 7.11 Å². The Balaban J connectivity index is 1.56. The van der Waals surface area contributed by atoms with Gasteiger partial charge < -0.3 is 19.1 Å². The molecule has 0 aromatic heterocycles. The number of benzene rings is 2. The van der Waals surface area contributed by atoms with Crippen molar-refractivity contribution in [2.24, 2.45) is 0 Å². The lowest BCUT2D eigenvalue weighted by Gasteiger charge is -2.29. The van der Waals surface area contributed by atoms with Crippen LogP contribution in [0.5, 0.6) is 17.2 Å². The molecule has 0 N–H and O–H groups in total. The largest absolute Gasteiger partial charge is 0.497 e. The third kappa shape index (κ3) is 2.48. The van der Waals surface area contributed by atoms with Gasteiger partial charge in [0, 0.05) is 18.7 Å². The Hall–Kier alpha value is -2.69. The summed E-state index contributed by atoms with van der Waals surface area (Å²) in [6.07, 6.45) is 0.827. The third-order valence-corrected chi connectivity index (χ3v) is 4.30. The molecule has 0 bridgehead atoms. The number of hydrogen-bond donors (Lipinski definition) is 0. The maximum absolute atomic E-state index is 12.7. The fraction of sp³-hybridized carbons (Fsp3) is 0.278. The van der Waals surface area contributed by atoms with Gasteiger partial charge in [0.25, 0.3) is 5.91 Å². The Kier molecular flexibility index (Phi) is 3.33. The zero-order chi connectivity index (χ0) is 15.8. The second kappa shape index (κ2) is 5.50. The first-order valence-corrected chi connectivity index (χ1v) is 7.59. The summed E-state index contributed by atoms with van der Waals surface area (Å²) in [7, 11) is 1.64. The Morgan fingerprint density at radius 1 is 1.13 bits per heavy atom. The summed E-state index contributed by atoms with van der Waals surface area (Å²) in [6, 6.07) is 11.5. The number of carbonyl (C=O) groups is 1. The van der Waals surface area contributed by atoms with Gasteiger partial charge in [0.1, 0.15) is 5.75 Å². The van der Waals surface area contributed by atoms with Gasteiger partial charge in [-0.05, 0) is 41.8 Å². The van der Waals surface area contributed by atoms with Crippen LogP contribution in [0.1, 0.15) is 21.5 Å². The van der Waals surface area contributed by atoms with E-state index in [4.69, 9.17) is 14.2 Å². The Labute approximate surface area is 134 Å². The number of hydrogen-bond acceptors (Lipinski definition) is 4. The lowest BCUT2D eigenvalue weighted by Crippen LogP contribution is -2.37. The van der Waals surface area contributed by atoms with Crippen LogP contribution in [0.2, 0.25) is 0 Å². The SMILES string of the molecule is COc1ccc(CN2CCc3cc4c(cc3C2=O)OCO4)cc1. The van der Waals surface area contributed by atoms with Crippen LogP contribution in [0.3, 0.4) is 0 Å². The normalized spacial score (nSPS) is 15.5.